The highest BCUT2D eigenvalue weighted by atomic mass is 35.5. The van der Waals surface area contributed by atoms with Gasteiger partial charge in [-0.2, -0.15) is 0 Å². The molecule has 0 amide bonds. The maximum absolute atomic E-state index is 10.7. The lowest BCUT2D eigenvalue weighted by atomic mass is 10.4. The SMILES string of the molecule is CC(=O)CCSc1nc(C)cc[nH+]1.[Cl-]. The van der Waals surface area contributed by atoms with Crippen molar-refractivity contribution in [2.75, 3.05) is 5.75 Å². The number of nitrogens with one attached hydrogen (secondary N) is 1. The van der Waals surface area contributed by atoms with Crippen molar-refractivity contribution in [1.82, 2.24) is 4.98 Å². The third-order valence-corrected chi connectivity index (χ3v) is 2.39. The van der Waals surface area contributed by atoms with Crippen molar-refractivity contribution >= 4 is 17.5 Å². The lowest BCUT2D eigenvalue weighted by Crippen LogP contribution is -3.00. The number of thioether (sulfide) groups is 1. The number of Topliss-reactive ketones (excluding diaryl/α,β-unsaturated/α-hetero) is 1. The minimum atomic E-state index is 0. The second kappa shape index (κ2) is 6.79. The van der Waals surface area contributed by atoms with Gasteiger partial charge < -0.3 is 12.4 Å². The van der Waals surface area contributed by atoms with E-state index < -0.39 is 0 Å². The predicted octanol–water partition coefficient (Wildman–Crippen LogP) is -1.72. The molecule has 1 heterocycles. The molecule has 0 aliphatic carbocycles. The zero-order chi connectivity index (χ0) is 9.68. The summed E-state index contributed by atoms with van der Waals surface area (Å²) in [5.74, 6) is 1.02. The summed E-state index contributed by atoms with van der Waals surface area (Å²) in [7, 11) is 0. The van der Waals surface area contributed by atoms with Gasteiger partial charge in [-0.05, 0) is 23.7 Å². The molecule has 5 heteroatoms. The highest BCUT2D eigenvalue weighted by Crippen LogP contribution is 2.10. The number of carbonyl (C=O) groups is 1. The van der Waals surface area contributed by atoms with Crippen LogP contribution < -0.4 is 17.4 Å². The monoisotopic (exact) mass is 232 g/mol. The Bertz CT molecular complexity index is 307. The summed E-state index contributed by atoms with van der Waals surface area (Å²) in [5, 5.41) is 0.876. The molecule has 0 atom stereocenters. The quantitative estimate of drug-likeness (QED) is 0.458. The van der Waals surface area contributed by atoms with Gasteiger partial charge in [0.1, 0.15) is 5.78 Å². The predicted molar refractivity (Wildman–Crippen MR) is 51.6 cm³/mol. The van der Waals surface area contributed by atoms with Crippen molar-refractivity contribution in [2.45, 2.75) is 25.4 Å². The van der Waals surface area contributed by atoms with Gasteiger partial charge in [0.25, 0.3) is 0 Å². The summed E-state index contributed by atoms with van der Waals surface area (Å²) in [4.78, 5) is 17.9. The Morgan fingerprint density at radius 1 is 1.64 bits per heavy atom. The largest absolute Gasteiger partial charge is 1.00 e. The molecule has 0 aliphatic heterocycles. The van der Waals surface area contributed by atoms with E-state index in [9.17, 15) is 4.79 Å². The van der Waals surface area contributed by atoms with Crippen molar-refractivity contribution in [1.29, 1.82) is 0 Å². The molecule has 0 aromatic carbocycles. The van der Waals surface area contributed by atoms with Crippen LogP contribution in [0, 0.1) is 6.92 Å². The minimum Gasteiger partial charge on any atom is -1.00 e. The van der Waals surface area contributed by atoms with Crippen LogP contribution in [0.1, 0.15) is 19.0 Å². The van der Waals surface area contributed by atoms with E-state index in [0.717, 1.165) is 16.6 Å². The van der Waals surface area contributed by atoms with E-state index in [4.69, 9.17) is 0 Å². The molecule has 0 fully saturated rings. The van der Waals surface area contributed by atoms with Crippen LogP contribution in [0.25, 0.3) is 0 Å². The average molecular weight is 233 g/mol. The second-order valence-electron chi connectivity index (χ2n) is 2.84. The average Bonchev–Trinajstić information content (AvgIpc) is 2.03. The van der Waals surface area contributed by atoms with Gasteiger partial charge in [0.2, 0.25) is 0 Å². The molecule has 1 rings (SSSR count). The molecule has 0 saturated heterocycles. The molecule has 0 unspecified atom stereocenters. The summed E-state index contributed by atoms with van der Waals surface area (Å²) < 4.78 is 0. The van der Waals surface area contributed by atoms with Gasteiger partial charge in [-0.25, -0.2) is 4.98 Å². The van der Waals surface area contributed by atoms with Crippen LogP contribution in [0.5, 0.6) is 0 Å². The smallest absolute Gasteiger partial charge is 0.357 e. The van der Waals surface area contributed by atoms with Crippen molar-refractivity contribution in [3.8, 4) is 0 Å². The fourth-order valence-electron chi connectivity index (χ4n) is 0.829. The normalized spacial score (nSPS) is 9.29. The van der Waals surface area contributed by atoms with E-state index in [0.29, 0.717) is 6.42 Å². The number of halogens is 1. The van der Waals surface area contributed by atoms with Crippen molar-refractivity contribution < 1.29 is 22.2 Å². The van der Waals surface area contributed by atoms with E-state index >= 15 is 0 Å². The van der Waals surface area contributed by atoms with Crippen LogP contribution >= 0.6 is 11.8 Å². The molecule has 0 saturated carbocycles. The van der Waals surface area contributed by atoms with Crippen molar-refractivity contribution in [3.63, 3.8) is 0 Å². The van der Waals surface area contributed by atoms with Crippen LogP contribution in [0.2, 0.25) is 0 Å². The van der Waals surface area contributed by atoms with Gasteiger partial charge in [-0.15, -0.1) is 0 Å². The molecule has 1 aromatic rings. The summed E-state index contributed by atoms with van der Waals surface area (Å²) >= 11 is 1.58. The number of nitrogens with zero attached hydrogens (tertiary/aromatic N) is 1. The Hall–Kier alpha value is -0.610. The first-order chi connectivity index (χ1) is 6.18. The first kappa shape index (κ1) is 13.4. The van der Waals surface area contributed by atoms with Gasteiger partial charge in [0.05, 0.1) is 6.20 Å². The maximum atomic E-state index is 10.7. The number of carbonyl (C=O) groups excluding carboxylic acids is 1. The minimum absolute atomic E-state index is 0. The Morgan fingerprint density at radius 3 is 2.93 bits per heavy atom. The zero-order valence-corrected chi connectivity index (χ0v) is 9.78. The maximum Gasteiger partial charge on any atom is 0.357 e. The molecule has 3 nitrogen and oxygen atoms in total. The van der Waals surface area contributed by atoms with Crippen molar-refractivity contribution in [2.24, 2.45) is 0 Å². The Balaban J connectivity index is 0.00000169. The van der Waals surface area contributed by atoms with E-state index in [1.165, 1.54) is 0 Å². The topological polar surface area (TPSA) is 44.1 Å². The molecule has 1 aromatic heterocycles. The number of ketones is 1. The summed E-state index contributed by atoms with van der Waals surface area (Å²) in [6.45, 7) is 3.55. The molecule has 78 valence electrons. The molecular formula is C9H13ClN2OS. The molecular weight excluding hydrogens is 220 g/mol. The summed E-state index contributed by atoms with van der Waals surface area (Å²) in [6, 6.07) is 1.91. The Labute approximate surface area is 94.1 Å². The second-order valence-corrected chi connectivity index (χ2v) is 3.92. The standard InChI is InChI=1S/C9H12N2OS.ClH/c1-7-3-5-10-9(11-7)13-6-4-8(2)12;/h3,5H,4,6H2,1-2H3;1H. The van der Waals surface area contributed by atoms with Crippen LogP contribution in [-0.2, 0) is 4.79 Å². The zero-order valence-electron chi connectivity index (χ0n) is 8.21. The van der Waals surface area contributed by atoms with E-state index in [1.54, 1.807) is 18.7 Å². The molecule has 0 spiro atoms. The molecule has 1 N–H and O–H groups in total. The van der Waals surface area contributed by atoms with Gasteiger partial charge in [-0.3, -0.25) is 4.79 Å². The Morgan fingerprint density at radius 2 is 2.36 bits per heavy atom. The van der Waals surface area contributed by atoms with Crippen LogP contribution in [0.4, 0.5) is 0 Å². The highest BCUT2D eigenvalue weighted by molar-refractivity contribution is 7.99. The van der Waals surface area contributed by atoms with Gasteiger partial charge in [-0.1, -0.05) is 0 Å². The number of aryl methyl sites for hydroxylation is 1. The Kier molecular flexibility index (Phi) is 6.49. The molecule has 0 bridgehead atoms. The first-order valence-electron chi connectivity index (χ1n) is 4.16. The van der Waals surface area contributed by atoms with E-state index in [-0.39, 0.29) is 18.2 Å². The summed E-state index contributed by atoms with van der Waals surface area (Å²) in [5.41, 5.74) is 0.990. The van der Waals surface area contributed by atoms with Crippen LogP contribution in [-0.4, -0.2) is 16.5 Å². The number of hydrogen-bond donors (Lipinski definition) is 0. The third kappa shape index (κ3) is 5.19. The van der Waals surface area contributed by atoms with E-state index in [1.807, 2.05) is 19.2 Å². The van der Waals surface area contributed by atoms with Gasteiger partial charge >= 0.3 is 5.16 Å². The number of aromatic nitrogens is 2. The summed E-state index contributed by atoms with van der Waals surface area (Å²) in [6.07, 6.45) is 2.46. The lowest BCUT2D eigenvalue weighted by Gasteiger charge is -1.91. The van der Waals surface area contributed by atoms with Crippen LogP contribution in [0.15, 0.2) is 17.4 Å². The fraction of sp³-hybridized carbons (Fsp3) is 0.444. The van der Waals surface area contributed by atoms with Gasteiger partial charge in [0, 0.05) is 25.2 Å². The molecule has 0 aliphatic rings. The number of rotatable bonds is 4. The van der Waals surface area contributed by atoms with Crippen molar-refractivity contribution in [3.05, 3.63) is 18.0 Å². The first-order valence-corrected chi connectivity index (χ1v) is 5.14. The highest BCUT2D eigenvalue weighted by Gasteiger charge is 2.06. The van der Waals surface area contributed by atoms with Gasteiger partial charge in [0.15, 0.2) is 5.69 Å². The number of hydrogen-bond acceptors (Lipinski definition) is 3. The molecule has 0 radical (unpaired) electrons. The fourth-order valence-corrected chi connectivity index (χ4v) is 1.77. The molecule has 14 heavy (non-hydrogen) atoms. The van der Waals surface area contributed by atoms with E-state index in [2.05, 4.69) is 9.97 Å². The number of aromatic amines is 1. The third-order valence-electron chi connectivity index (χ3n) is 1.50. The van der Waals surface area contributed by atoms with Crippen LogP contribution in [0.3, 0.4) is 0 Å². The lowest BCUT2D eigenvalue weighted by molar-refractivity contribution is -0.433. The number of H-pyrrole nitrogens is 1.